The number of amides is 1. The number of hydrogen-bond donors (Lipinski definition) is 2. The van der Waals surface area contributed by atoms with E-state index in [0.29, 0.717) is 32.4 Å². The van der Waals surface area contributed by atoms with Crippen molar-refractivity contribution in [2.45, 2.75) is 24.2 Å². The predicted octanol–water partition coefficient (Wildman–Crippen LogP) is 3.07. The van der Waals surface area contributed by atoms with Crippen molar-refractivity contribution in [3.05, 3.63) is 66.1 Å². The van der Waals surface area contributed by atoms with E-state index in [4.69, 9.17) is 0 Å². The summed E-state index contributed by atoms with van der Waals surface area (Å²) in [6.45, 7) is 0.985. The second kappa shape index (κ2) is 8.57. The number of fused-ring (bicyclic) bond motifs is 1. The molecule has 2 heterocycles. The Labute approximate surface area is 175 Å². The van der Waals surface area contributed by atoms with Crippen molar-refractivity contribution >= 4 is 26.8 Å². The normalized spacial score (nSPS) is 17.8. The average molecular weight is 430 g/mol. The summed E-state index contributed by atoms with van der Waals surface area (Å²) in [6, 6.07) is 12.8. The zero-order valence-electron chi connectivity index (χ0n) is 16.5. The number of rotatable bonds is 6. The number of hydrogen-bond acceptors (Lipinski definition) is 3. The fraction of sp³-hybridized carbons (Fsp3) is 0.318. The van der Waals surface area contributed by atoms with E-state index in [1.165, 1.54) is 16.4 Å². The molecule has 1 amide bonds. The molecular weight excluding hydrogens is 405 g/mol. The van der Waals surface area contributed by atoms with Crippen LogP contribution < -0.4 is 5.32 Å². The number of nitrogens with one attached hydrogen (secondary N) is 2. The van der Waals surface area contributed by atoms with Crippen LogP contribution in [0.5, 0.6) is 0 Å². The number of carbonyl (C=O) groups is 1. The predicted molar refractivity (Wildman–Crippen MR) is 113 cm³/mol. The van der Waals surface area contributed by atoms with Gasteiger partial charge >= 0.3 is 0 Å². The first kappa shape index (κ1) is 20.6. The highest BCUT2D eigenvalue weighted by atomic mass is 32.2. The van der Waals surface area contributed by atoms with Crippen molar-refractivity contribution in [2.75, 3.05) is 19.6 Å². The van der Waals surface area contributed by atoms with Gasteiger partial charge in [0.05, 0.1) is 10.8 Å². The molecule has 2 N–H and O–H groups in total. The summed E-state index contributed by atoms with van der Waals surface area (Å²) >= 11 is 0. The molecule has 4 rings (SSSR count). The number of para-hydroxylation sites is 1. The van der Waals surface area contributed by atoms with Gasteiger partial charge in [0, 0.05) is 36.7 Å². The number of aromatic amines is 1. The van der Waals surface area contributed by atoms with Crippen LogP contribution in [-0.4, -0.2) is 43.2 Å². The Hall–Kier alpha value is -2.71. The molecule has 0 unspecified atom stereocenters. The number of piperidine rings is 1. The zero-order chi connectivity index (χ0) is 21.1. The molecule has 1 aliphatic heterocycles. The molecule has 1 saturated heterocycles. The summed E-state index contributed by atoms with van der Waals surface area (Å²) in [7, 11) is -3.74. The van der Waals surface area contributed by atoms with E-state index in [2.05, 4.69) is 10.3 Å². The molecule has 0 aliphatic carbocycles. The highest BCUT2D eigenvalue weighted by molar-refractivity contribution is 7.89. The molecule has 1 aliphatic rings. The van der Waals surface area contributed by atoms with Crippen molar-refractivity contribution in [1.82, 2.24) is 14.6 Å². The van der Waals surface area contributed by atoms with Gasteiger partial charge in [-0.2, -0.15) is 4.31 Å². The lowest BCUT2D eigenvalue weighted by molar-refractivity contribution is -0.126. The number of halogens is 1. The van der Waals surface area contributed by atoms with Crippen LogP contribution in [0.3, 0.4) is 0 Å². The molecule has 6 nitrogen and oxygen atoms in total. The Bertz CT molecular complexity index is 1140. The summed E-state index contributed by atoms with van der Waals surface area (Å²) in [5, 5.41) is 4.09. The monoisotopic (exact) mass is 429 g/mol. The molecule has 0 bridgehead atoms. The van der Waals surface area contributed by atoms with Gasteiger partial charge in [0.15, 0.2) is 0 Å². The van der Waals surface area contributed by atoms with Crippen molar-refractivity contribution in [2.24, 2.45) is 5.92 Å². The van der Waals surface area contributed by atoms with E-state index in [0.717, 1.165) is 28.6 Å². The van der Waals surface area contributed by atoms with Crippen LogP contribution in [0.4, 0.5) is 4.39 Å². The molecular formula is C22H24FN3O3S. The standard InChI is InChI=1S/C22H24FN3O3S/c23-18-7-9-19(10-8-18)30(28,29)26-13-3-4-17(15-26)22(27)24-12-11-16-14-25-21-6-2-1-5-20(16)21/h1-2,5-10,14,17,25H,3-4,11-13,15H2,(H,24,27)/t17-/m1/s1. The Morgan fingerprint density at radius 1 is 1.17 bits per heavy atom. The third-order valence-corrected chi connectivity index (χ3v) is 7.45. The molecule has 8 heteroatoms. The van der Waals surface area contributed by atoms with E-state index in [1.54, 1.807) is 0 Å². The lowest BCUT2D eigenvalue weighted by Crippen LogP contribution is -2.45. The van der Waals surface area contributed by atoms with Gasteiger partial charge < -0.3 is 10.3 Å². The third-order valence-electron chi connectivity index (χ3n) is 5.57. The van der Waals surface area contributed by atoms with Crippen molar-refractivity contribution in [3.8, 4) is 0 Å². The Morgan fingerprint density at radius 3 is 2.73 bits per heavy atom. The zero-order valence-corrected chi connectivity index (χ0v) is 17.3. The highest BCUT2D eigenvalue weighted by Crippen LogP contribution is 2.24. The number of sulfonamides is 1. The van der Waals surface area contributed by atoms with Crippen molar-refractivity contribution < 1.29 is 17.6 Å². The van der Waals surface area contributed by atoms with Gasteiger partial charge in [-0.3, -0.25) is 4.79 Å². The maximum atomic E-state index is 13.1. The quantitative estimate of drug-likeness (QED) is 0.632. The first-order valence-electron chi connectivity index (χ1n) is 10.0. The largest absolute Gasteiger partial charge is 0.361 e. The second-order valence-corrected chi connectivity index (χ2v) is 9.49. The number of H-pyrrole nitrogens is 1. The molecule has 3 aromatic rings. The molecule has 1 aromatic heterocycles. The Kier molecular flexibility index (Phi) is 5.87. The van der Waals surface area contributed by atoms with Crippen LogP contribution in [0.15, 0.2) is 59.6 Å². The van der Waals surface area contributed by atoms with E-state index in [9.17, 15) is 17.6 Å². The summed E-state index contributed by atoms with van der Waals surface area (Å²) in [5.41, 5.74) is 2.20. The molecule has 0 spiro atoms. The lowest BCUT2D eigenvalue weighted by Gasteiger charge is -2.31. The van der Waals surface area contributed by atoms with Gasteiger partial charge in [0.2, 0.25) is 15.9 Å². The van der Waals surface area contributed by atoms with Crippen LogP contribution >= 0.6 is 0 Å². The molecule has 1 fully saturated rings. The molecule has 158 valence electrons. The third kappa shape index (κ3) is 4.24. The summed E-state index contributed by atoms with van der Waals surface area (Å²) in [4.78, 5) is 15.9. The Morgan fingerprint density at radius 2 is 1.93 bits per heavy atom. The van der Waals surface area contributed by atoms with E-state index >= 15 is 0 Å². The maximum absolute atomic E-state index is 13.1. The van der Waals surface area contributed by atoms with Crippen LogP contribution in [0, 0.1) is 11.7 Å². The SMILES string of the molecule is O=C(NCCc1c[nH]c2ccccc12)[C@@H]1CCCN(S(=O)(=O)c2ccc(F)cc2)C1. The molecule has 2 aromatic carbocycles. The molecule has 1 atom stereocenters. The molecule has 30 heavy (non-hydrogen) atoms. The molecule has 0 radical (unpaired) electrons. The summed E-state index contributed by atoms with van der Waals surface area (Å²) < 4.78 is 40.1. The topological polar surface area (TPSA) is 82.3 Å². The van der Waals surface area contributed by atoms with Gasteiger partial charge in [-0.15, -0.1) is 0 Å². The van der Waals surface area contributed by atoms with Crippen molar-refractivity contribution in [1.29, 1.82) is 0 Å². The van der Waals surface area contributed by atoms with Crippen LogP contribution in [0.25, 0.3) is 10.9 Å². The summed E-state index contributed by atoms with van der Waals surface area (Å²) in [5.74, 6) is -1.01. The minimum atomic E-state index is -3.74. The minimum Gasteiger partial charge on any atom is -0.361 e. The maximum Gasteiger partial charge on any atom is 0.243 e. The van der Waals surface area contributed by atoms with Gasteiger partial charge in [0.1, 0.15) is 5.82 Å². The minimum absolute atomic E-state index is 0.0456. The van der Waals surface area contributed by atoms with Gasteiger partial charge in [-0.1, -0.05) is 18.2 Å². The first-order valence-corrected chi connectivity index (χ1v) is 11.5. The fourth-order valence-corrected chi connectivity index (χ4v) is 5.46. The number of carbonyl (C=O) groups excluding carboxylic acids is 1. The lowest BCUT2D eigenvalue weighted by atomic mass is 9.99. The van der Waals surface area contributed by atoms with E-state index < -0.39 is 21.8 Å². The van der Waals surface area contributed by atoms with Crippen LogP contribution in [-0.2, 0) is 21.2 Å². The second-order valence-electron chi connectivity index (χ2n) is 7.56. The van der Waals surface area contributed by atoms with E-state index in [-0.39, 0.29) is 17.3 Å². The number of aromatic nitrogens is 1. The van der Waals surface area contributed by atoms with Gasteiger partial charge in [0.25, 0.3) is 0 Å². The molecule has 0 saturated carbocycles. The Balaban J connectivity index is 1.36. The van der Waals surface area contributed by atoms with Crippen molar-refractivity contribution in [3.63, 3.8) is 0 Å². The fourth-order valence-electron chi connectivity index (χ4n) is 3.93. The average Bonchev–Trinajstić information content (AvgIpc) is 3.17. The van der Waals surface area contributed by atoms with Crippen LogP contribution in [0.1, 0.15) is 18.4 Å². The summed E-state index contributed by atoms with van der Waals surface area (Å²) in [6.07, 6.45) is 3.91. The first-order chi connectivity index (χ1) is 14.4. The number of nitrogens with zero attached hydrogens (tertiary/aromatic N) is 1. The van der Waals surface area contributed by atoms with Gasteiger partial charge in [-0.05, 0) is 55.2 Å². The smallest absolute Gasteiger partial charge is 0.243 e. The highest BCUT2D eigenvalue weighted by Gasteiger charge is 2.33. The van der Waals surface area contributed by atoms with Crippen LogP contribution in [0.2, 0.25) is 0 Å². The number of benzene rings is 2. The van der Waals surface area contributed by atoms with Gasteiger partial charge in [-0.25, -0.2) is 12.8 Å². The van der Waals surface area contributed by atoms with E-state index in [1.807, 2.05) is 30.5 Å².